The van der Waals surface area contributed by atoms with Gasteiger partial charge in [0, 0.05) is 23.1 Å². The predicted molar refractivity (Wildman–Crippen MR) is 86.5 cm³/mol. The number of carboxylic acid groups (broad SMARTS) is 1. The van der Waals surface area contributed by atoms with Crippen LogP contribution in [-0.2, 0) is 6.54 Å². The van der Waals surface area contributed by atoms with Crippen LogP contribution in [0, 0.1) is 6.92 Å². The maximum absolute atomic E-state index is 11.4. The van der Waals surface area contributed by atoms with Crippen molar-refractivity contribution in [1.29, 1.82) is 0 Å². The molecule has 0 saturated carbocycles. The minimum absolute atomic E-state index is 0.0681. The molecular weight excluding hydrogens is 278 g/mol. The first-order chi connectivity index (χ1) is 10.5. The molecule has 1 aliphatic heterocycles. The molecule has 2 heterocycles. The van der Waals surface area contributed by atoms with E-state index in [1.54, 1.807) is 0 Å². The molecule has 0 spiro atoms. The highest BCUT2D eigenvalue weighted by Gasteiger charge is 2.22. The van der Waals surface area contributed by atoms with Crippen LogP contribution in [0.1, 0.15) is 59.9 Å². The second kappa shape index (κ2) is 5.76. The average molecular weight is 301 g/mol. The zero-order valence-corrected chi connectivity index (χ0v) is 13.5. The Morgan fingerprint density at radius 3 is 2.59 bits per heavy atom. The summed E-state index contributed by atoms with van der Waals surface area (Å²) in [7, 11) is 0. The molecule has 1 saturated heterocycles. The Hall–Kier alpha value is -1.81. The third-order valence-corrected chi connectivity index (χ3v) is 4.59. The van der Waals surface area contributed by atoms with E-state index in [0.717, 1.165) is 41.7 Å². The third kappa shape index (κ3) is 2.63. The van der Waals surface area contributed by atoms with Crippen LogP contribution in [0.4, 0.5) is 0 Å². The Morgan fingerprint density at radius 2 is 2.00 bits per heavy atom. The summed E-state index contributed by atoms with van der Waals surface area (Å²) in [5.41, 5.74) is 3.82. The fourth-order valence-electron chi connectivity index (χ4n) is 3.25. The lowest BCUT2D eigenvalue weighted by molar-refractivity contribution is 0.0664. The number of furan rings is 1. The van der Waals surface area contributed by atoms with Crippen LogP contribution in [-0.4, -0.2) is 29.1 Å². The summed E-state index contributed by atoms with van der Waals surface area (Å²) in [6, 6.07) is 4.26. The molecule has 1 aliphatic rings. The van der Waals surface area contributed by atoms with Crippen LogP contribution in [0.5, 0.6) is 0 Å². The van der Waals surface area contributed by atoms with Crippen LogP contribution in [0.2, 0.25) is 0 Å². The maximum atomic E-state index is 11.4. The lowest BCUT2D eigenvalue weighted by atomic mass is 9.97. The first kappa shape index (κ1) is 15.1. The highest BCUT2D eigenvalue weighted by molar-refractivity contribution is 5.96. The van der Waals surface area contributed by atoms with Crippen molar-refractivity contribution >= 4 is 16.9 Å². The number of rotatable bonds is 4. The van der Waals surface area contributed by atoms with E-state index in [9.17, 15) is 9.90 Å². The van der Waals surface area contributed by atoms with Crippen LogP contribution >= 0.6 is 0 Å². The van der Waals surface area contributed by atoms with Gasteiger partial charge in [-0.3, -0.25) is 4.90 Å². The normalized spacial score (nSPS) is 16.0. The number of hydrogen-bond acceptors (Lipinski definition) is 3. The van der Waals surface area contributed by atoms with Crippen molar-refractivity contribution in [1.82, 2.24) is 4.90 Å². The van der Waals surface area contributed by atoms with Gasteiger partial charge < -0.3 is 9.52 Å². The summed E-state index contributed by atoms with van der Waals surface area (Å²) in [5, 5.41) is 10.3. The second-order valence-electron chi connectivity index (χ2n) is 6.56. The Morgan fingerprint density at radius 1 is 1.32 bits per heavy atom. The van der Waals surface area contributed by atoms with Gasteiger partial charge in [-0.2, -0.15) is 0 Å². The maximum Gasteiger partial charge on any atom is 0.372 e. The molecule has 1 aromatic heterocycles. The zero-order valence-electron chi connectivity index (χ0n) is 13.5. The van der Waals surface area contributed by atoms with Gasteiger partial charge in [0.15, 0.2) is 0 Å². The van der Waals surface area contributed by atoms with Crippen molar-refractivity contribution in [3.63, 3.8) is 0 Å². The van der Waals surface area contributed by atoms with Gasteiger partial charge in [0.05, 0.1) is 0 Å². The Labute approximate surface area is 130 Å². The first-order valence-electron chi connectivity index (χ1n) is 7.99. The lowest BCUT2D eigenvalue weighted by Crippen LogP contribution is -2.18. The van der Waals surface area contributed by atoms with Gasteiger partial charge in [-0.1, -0.05) is 19.9 Å². The standard InChI is InChI=1S/C18H23NO3/c1-11(2)13-8-14(10-19-6-4-5-7-19)17-15(9-13)12(3)16(22-17)18(20)21/h8-9,11H,4-7,10H2,1-3H3,(H,20,21). The number of carboxylic acids is 1. The highest BCUT2D eigenvalue weighted by Crippen LogP contribution is 2.33. The van der Waals surface area contributed by atoms with Crippen molar-refractivity contribution < 1.29 is 14.3 Å². The average Bonchev–Trinajstić information content (AvgIpc) is 3.07. The molecule has 0 aliphatic carbocycles. The lowest BCUT2D eigenvalue weighted by Gasteiger charge is -2.16. The molecule has 0 bridgehead atoms. The second-order valence-corrected chi connectivity index (χ2v) is 6.56. The number of hydrogen-bond donors (Lipinski definition) is 1. The monoisotopic (exact) mass is 301 g/mol. The summed E-state index contributed by atoms with van der Waals surface area (Å²) in [5.74, 6) is -0.519. The molecule has 118 valence electrons. The number of likely N-dealkylation sites (tertiary alicyclic amines) is 1. The first-order valence-corrected chi connectivity index (χ1v) is 7.99. The quantitative estimate of drug-likeness (QED) is 0.921. The van der Waals surface area contributed by atoms with E-state index in [1.165, 1.54) is 18.4 Å². The molecule has 1 N–H and O–H groups in total. The number of carbonyl (C=O) groups is 1. The van der Waals surface area contributed by atoms with E-state index < -0.39 is 5.97 Å². The van der Waals surface area contributed by atoms with E-state index in [1.807, 2.05) is 6.92 Å². The molecular formula is C18H23NO3. The van der Waals surface area contributed by atoms with Gasteiger partial charge in [-0.05, 0) is 50.4 Å². The molecule has 0 atom stereocenters. The number of aromatic carboxylic acids is 1. The molecule has 0 unspecified atom stereocenters. The summed E-state index contributed by atoms with van der Waals surface area (Å²) >= 11 is 0. The molecule has 3 rings (SSSR count). The van der Waals surface area contributed by atoms with Crippen LogP contribution in [0.15, 0.2) is 16.5 Å². The van der Waals surface area contributed by atoms with Gasteiger partial charge in [-0.15, -0.1) is 0 Å². The summed E-state index contributed by atoms with van der Waals surface area (Å²) < 4.78 is 5.71. The van der Waals surface area contributed by atoms with Gasteiger partial charge in [0.1, 0.15) is 5.58 Å². The van der Waals surface area contributed by atoms with E-state index >= 15 is 0 Å². The smallest absolute Gasteiger partial charge is 0.372 e. The molecule has 2 aromatic rings. The van der Waals surface area contributed by atoms with Crippen LogP contribution < -0.4 is 0 Å². The van der Waals surface area contributed by atoms with Gasteiger partial charge in [-0.25, -0.2) is 4.79 Å². The molecule has 22 heavy (non-hydrogen) atoms. The van der Waals surface area contributed by atoms with Crippen molar-refractivity contribution in [2.45, 2.75) is 46.1 Å². The van der Waals surface area contributed by atoms with E-state index in [0.29, 0.717) is 5.92 Å². The SMILES string of the molecule is Cc1c(C(=O)O)oc2c(CN3CCCC3)cc(C(C)C)cc12. The molecule has 4 heteroatoms. The zero-order chi connectivity index (χ0) is 15.9. The number of nitrogens with zero attached hydrogens (tertiary/aromatic N) is 1. The minimum Gasteiger partial charge on any atom is -0.475 e. The van der Waals surface area contributed by atoms with E-state index in [4.69, 9.17) is 4.42 Å². The number of fused-ring (bicyclic) bond motifs is 1. The third-order valence-electron chi connectivity index (χ3n) is 4.59. The molecule has 1 aromatic carbocycles. The summed E-state index contributed by atoms with van der Waals surface area (Å²) in [6.45, 7) is 9.21. The fourth-order valence-corrected chi connectivity index (χ4v) is 3.25. The van der Waals surface area contributed by atoms with Gasteiger partial charge in [0.25, 0.3) is 0 Å². The van der Waals surface area contributed by atoms with Crippen molar-refractivity contribution in [2.75, 3.05) is 13.1 Å². The fraction of sp³-hybridized carbons (Fsp3) is 0.500. The molecule has 0 radical (unpaired) electrons. The molecule has 0 amide bonds. The van der Waals surface area contributed by atoms with E-state index in [2.05, 4.69) is 30.9 Å². The van der Waals surface area contributed by atoms with Crippen LogP contribution in [0.25, 0.3) is 11.0 Å². The number of benzene rings is 1. The van der Waals surface area contributed by atoms with Crippen LogP contribution in [0.3, 0.4) is 0 Å². The Bertz CT molecular complexity index is 709. The Kier molecular flexibility index (Phi) is 3.96. The topological polar surface area (TPSA) is 53.7 Å². The van der Waals surface area contributed by atoms with E-state index in [-0.39, 0.29) is 5.76 Å². The minimum atomic E-state index is -0.994. The van der Waals surface area contributed by atoms with Crippen molar-refractivity contribution in [3.05, 3.63) is 34.6 Å². The predicted octanol–water partition coefficient (Wildman–Crippen LogP) is 4.16. The van der Waals surface area contributed by atoms with Crippen molar-refractivity contribution in [3.8, 4) is 0 Å². The molecule has 1 fully saturated rings. The highest BCUT2D eigenvalue weighted by atomic mass is 16.4. The summed E-state index contributed by atoms with van der Waals surface area (Å²) in [6.07, 6.45) is 2.48. The Balaban J connectivity index is 2.14. The largest absolute Gasteiger partial charge is 0.475 e. The molecule has 4 nitrogen and oxygen atoms in total. The summed E-state index contributed by atoms with van der Waals surface area (Å²) in [4.78, 5) is 13.8. The van der Waals surface area contributed by atoms with Gasteiger partial charge >= 0.3 is 5.97 Å². The number of aryl methyl sites for hydroxylation is 1. The van der Waals surface area contributed by atoms with Gasteiger partial charge in [0.2, 0.25) is 5.76 Å². The van der Waals surface area contributed by atoms with Crippen molar-refractivity contribution in [2.24, 2.45) is 0 Å².